The van der Waals surface area contributed by atoms with Gasteiger partial charge in [-0.25, -0.2) is 4.58 Å². The van der Waals surface area contributed by atoms with Crippen LogP contribution in [0.1, 0.15) is 147 Å². The molecule has 0 aromatic heterocycles. The number of ketones is 1. The fourth-order valence-corrected chi connectivity index (χ4v) is 8.08. The number of allylic oxidation sites excluding steroid dienone is 8. The lowest BCUT2D eigenvalue weighted by molar-refractivity contribution is -0.527. The van der Waals surface area contributed by atoms with Crippen LogP contribution in [0.2, 0.25) is 0 Å². The summed E-state index contributed by atoms with van der Waals surface area (Å²) in [6.45, 7) is 13.6. The van der Waals surface area contributed by atoms with Crippen LogP contribution in [0.5, 0.6) is 0 Å². The first-order valence-corrected chi connectivity index (χ1v) is 23.6. The molecule has 0 spiro atoms. The first kappa shape index (κ1) is 46.1. The van der Waals surface area contributed by atoms with Crippen molar-refractivity contribution in [2.75, 3.05) is 31.1 Å². The number of rotatable bonds is 25. The van der Waals surface area contributed by atoms with Crippen LogP contribution in [0.25, 0.3) is 29.4 Å². The molecular weight excluding hydrogens is 733 g/mol. The lowest BCUT2D eigenvalue weighted by atomic mass is 9.82. The Morgan fingerprint density at radius 3 is 1.53 bits per heavy atom. The molecule has 0 saturated carbocycles. The molecule has 0 saturated heterocycles. The quantitative estimate of drug-likeness (QED) is 0.0487. The third-order valence-corrected chi connectivity index (χ3v) is 11.9. The van der Waals surface area contributed by atoms with Crippen LogP contribution >= 0.6 is 0 Å². The van der Waals surface area contributed by atoms with Crippen LogP contribution in [0, 0.1) is 0 Å². The standard InChI is InChI=1S/C56H72N2O2/c1-5-9-13-17-41-57(42-18-14-10-6-2)51-37-29-47(30-38-51)23-21-45-25-33-49(34-26-45)53-55(59)54(56(53)60)50-35-27-46(28-36-50)22-24-48-31-39-52(40-32-48)58(43-19-15-11-7-3)44-20-16-12-8-4/h21-40H,5-20,41-44H2,1-4H3. The van der Waals surface area contributed by atoms with E-state index in [0.717, 1.165) is 48.1 Å². The summed E-state index contributed by atoms with van der Waals surface area (Å²) >= 11 is 0. The molecule has 0 heterocycles. The van der Waals surface area contributed by atoms with Crippen molar-refractivity contribution < 1.29 is 14.5 Å². The average Bonchev–Trinajstić information content (AvgIpc) is 3.28. The summed E-state index contributed by atoms with van der Waals surface area (Å²) in [5, 5.41) is 15.0. The van der Waals surface area contributed by atoms with E-state index in [1.165, 1.54) is 114 Å². The van der Waals surface area contributed by atoms with E-state index in [1.807, 2.05) is 48.5 Å². The zero-order valence-electron chi connectivity index (χ0n) is 37.4. The number of carbonyl (C=O) groups is 1. The molecule has 0 amide bonds. The second-order valence-electron chi connectivity index (χ2n) is 16.7. The molecular formula is C56H72N2O2. The van der Waals surface area contributed by atoms with Crippen LogP contribution < -0.4 is 20.4 Å². The molecule has 3 aromatic carbocycles. The molecule has 0 aliphatic heterocycles. The number of hydrogen-bond donors (Lipinski definition) is 0. The van der Waals surface area contributed by atoms with Crippen LogP contribution in [0.3, 0.4) is 0 Å². The Morgan fingerprint density at radius 1 is 0.533 bits per heavy atom. The SMILES string of the molecule is CCCCCCN(CCCCCC)c1ccc(/C=C/c2ccc(C3=C([O-])C(=c4ccc(=CC=C5C=CC(=[N+](CCCCCC)CCCCCC)C=C5)cc4)C3=O)cc2)cc1. The summed E-state index contributed by atoms with van der Waals surface area (Å²) < 4.78 is 2.56. The van der Waals surface area contributed by atoms with Gasteiger partial charge in [-0.3, -0.25) is 4.79 Å². The molecule has 318 valence electrons. The molecule has 0 fully saturated rings. The molecule has 2 aliphatic carbocycles. The summed E-state index contributed by atoms with van der Waals surface area (Å²) in [6.07, 6.45) is 37.8. The van der Waals surface area contributed by atoms with Crippen LogP contribution in [-0.4, -0.2) is 42.2 Å². The van der Waals surface area contributed by atoms with Gasteiger partial charge in [0.1, 0.15) is 13.1 Å². The normalized spacial score (nSPS) is 13.7. The second-order valence-corrected chi connectivity index (χ2v) is 16.7. The Morgan fingerprint density at radius 2 is 1.03 bits per heavy atom. The highest BCUT2D eigenvalue weighted by Gasteiger charge is 2.28. The maximum atomic E-state index is 13.3. The summed E-state index contributed by atoms with van der Waals surface area (Å²) in [4.78, 5) is 15.9. The van der Waals surface area contributed by atoms with Gasteiger partial charge in [-0.05, 0) is 82.7 Å². The number of hydrogen-bond acceptors (Lipinski definition) is 3. The fraction of sp³-hybridized carbons (Fsp3) is 0.429. The number of nitrogens with zero attached hydrogens (tertiary/aromatic N) is 2. The van der Waals surface area contributed by atoms with Crippen molar-refractivity contribution >= 4 is 46.6 Å². The highest BCUT2D eigenvalue weighted by molar-refractivity contribution is 6.51. The number of benzene rings is 3. The molecule has 5 rings (SSSR count). The predicted octanol–water partition coefficient (Wildman–Crippen LogP) is 11.8. The van der Waals surface area contributed by atoms with E-state index in [4.69, 9.17) is 0 Å². The molecule has 0 unspecified atom stereocenters. The minimum Gasteiger partial charge on any atom is -0.871 e. The maximum absolute atomic E-state index is 13.3. The van der Waals surface area contributed by atoms with Crippen molar-refractivity contribution in [3.63, 3.8) is 0 Å². The molecule has 3 aromatic rings. The van der Waals surface area contributed by atoms with Gasteiger partial charge in [0.05, 0.1) is 0 Å². The second kappa shape index (κ2) is 25.6. The van der Waals surface area contributed by atoms with Crippen molar-refractivity contribution in [2.45, 2.75) is 130 Å². The largest absolute Gasteiger partial charge is 0.871 e. The van der Waals surface area contributed by atoms with Crippen LogP contribution in [0.4, 0.5) is 5.69 Å². The monoisotopic (exact) mass is 805 g/mol. The van der Waals surface area contributed by atoms with E-state index in [1.54, 1.807) is 0 Å². The van der Waals surface area contributed by atoms with Crippen molar-refractivity contribution in [3.05, 3.63) is 142 Å². The number of anilines is 1. The maximum Gasteiger partial charge on any atom is 0.199 e. The molecule has 0 radical (unpaired) electrons. The zero-order valence-corrected chi connectivity index (χ0v) is 37.4. The van der Waals surface area contributed by atoms with Crippen molar-refractivity contribution in [2.24, 2.45) is 0 Å². The van der Waals surface area contributed by atoms with Gasteiger partial charge in [0.2, 0.25) is 0 Å². The van der Waals surface area contributed by atoms with E-state index in [9.17, 15) is 9.90 Å². The Bertz CT molecular complexity index is 2060. The van der Waals surface area contributed by atoms with Crippen molar-refractivity contribution in [1.29, 1.82) is 0 Å². The van der Waals surface area contributed by atoms with Gasteiger partial charge in [-0.2, -0.15) is 0 Å². The summed E-state index contributed by atoms with van der Waals surface area (Å²) in [6, 6.07) is 24.4. The molecule has 4 nitrogen and oxygen atoms in total. The Kier molecular flexibility index (Phi) is 19.7. The van der Waals surface area contributed by atoms with Gasteiger partial charge >= 0.3 is 0 Å². The van der Waals surface area contributed by atoms with E-state index < -0.39 is 0 Å². The van der Waals surface area contributed by atoms with Gasteiger partial charge in [-0.15, -0.1) is 0 Å². The van der Waals surface area contributed by atoms with E-state index in [0.29, 0.717) is 10.8 Å². The third kappa shape index (κ3) is 14.1. The number of unbranched alkanes of at least 4 members (excludes halogenated alkanes) is 12. The lowest BCUT2D eigenvalue weighted by Crippen LogP contribution is -2.33. The number of carbonyl (C=O) groups excluding carboxylic acids is 1. The Labute approximate surface area is 362 Å². The molecule has 2 aliphatic rings. The third-order valence-electron chi connectivity index (χ3n) is 11.9. The van der Waals surface area contributed by atoms with Gasteiger partial charge in [0.25, 0.3) is 0 Å². The molecule has 0 bridgehead atoms. The van der Waals surface area contributed by atoms with Gasteiger partial charge < -0.3 is 10.0 Å². The minimum atomic E-state index is -0.179. The van der Waals surface area contributed by atoms with Crippen LogP contribution in [0.15, 0.2) is 115 Å². The minimum absolute atomic E-state index is 0.179. The highest BCUT2D eigenvalue weighted by atomic mass is 16.3. The van der Waals surface area contributed by atoms with Crippen LogP contribution in [-0.2, 0) is 4.79 Å². The zero-order chi connectivity index (χ0) is 42.4. The molecule has 0 atom stereocenters. The van der Waals surface area contributed by atoms with E-state index in [-0.39, 0.29) is 22.7 Å². The van der Waals surface area contributed by atoms with E-state index >= 15 is 0 Å². The predicted molar refractivity (Wildman–Crippen MR) is 257 cm³/mol. The van der Waals surface area contributed by atoms with Gasteiger partial charge in [0.15, 0.2) is 11.5 Å². The molecule has 4 heteroatoms. The first-order valence-electron chi connectivity index (χ1n) is 23.6. The lowest BCUT2D eigenvalue weighted by Gasteiger charge is -2.30. The number of Topliss-reactive ketones (excluding diaryl/α,β-unsaturated/α-hetero) is 1. The van der Waals surface area contributed by atoms with Crippen molar-refractivity contribution in [1.82, 2.24) is 0 Å². The smallest absolute Gasteiger partial charge is 0.199 e. The topological polar surface area (TPSA) is 46.4 Å². The van der Waals surface area contributed by atoms with E-state index in [2.05, 4.69) is 110 Å². The Hall–Kier alpha value is -4.96. The molecule has 0 N–H and O–H groups in total. The fourth-order valence-electron chi connectivity index (χ4n) is 8.08. The first-order chi connectivity index (χ1) is 29.4. The molecule has 60 heavy (non-hydrogen) atoms. The Balaban J connectivity index is 1.20. The summed E-state index contributed by atoms with van der Waals surface area (Å²) in [5.74, 6) is -0.359. The summed E-state index contributed by atoms with van der Waals surface area (Å²) in [5.41, 5.74) is 7.16. The van der Waals surface area contributed by atoms with Crippen molar-refractivity contribution in [3.8, 4) is 0 Å². The summed E-state index contributed by atoms with van der Waals surface area (Å²) in [7, 11) is 0. The van der Waals surface area contributed by atoms with Gasteiger partial charge in [-0.1, -0.05) is 183 Å². The highest BCUT2D eigenvalue weighted by Crippen LogP contribution is 2.34. The average molecular weight is 805 g/mol. The van der Waals surface area contributed by atoms with Gasteiger partial charge in [0, 0.05) is 54.9 Å².